The summed E-state index contributed by atoms with van der Waals surface area (Å²) in [7, 11) is 0. The maximum Gasteiger partial charge on any atom is -0.0295 e. The van der Waals surface area contributed by atoms with Crippen LogP contribution in [-0.2, 0) is 0 Å². The Labute approximate surface area is 89.5 Å². The molecule has 2 aliphatic carbocycles. The fraction of sp³-hybridized carbons (Fsp3) is 1.00. The van der Waals surface area contributed by atoms with Crippen molar-refractivity contribution >= 4 is 0 Å². The zero-order valence-electron chi connectivity index (χ0n) is 10.2. The molecule has 1 atom stereocenters. The Kier molecular flexibility index (Phi) is 2.66. The van der Waals surface area contributed by atoms with E-state index in [2.05, 4.69) is 20.8 Å². The van der Waals surface area contributed by atoms with Crippen LogP contribution in [0.4, 0.5) is 0 Å². The van der Waals surface area contributed by atoms with Gasteiger partial charge in [-0.05, 0) is 55.3 Å². The molecular weight excluding hydrogens is 168 g/mol. The third kappa shape index (κ3) is 2.15. The van der Waals surface area contributed by atoms with Gasteiger partial charge in [0, 0.05) is 0 Å². The van der Waals surface area contributed by atoms with E-state index >= 15 is 0 Å². The molecule has 0 saturated heterocycles. The highest BCUT2D eigenvalue weighted by molar-refractivity contribution is 4.92. The highest BCUT2D eigenvalue weighted by Gasteiger charge is 2.40. The Bertz CT molecular complexity index is 192. The molecular formula is C14H26. The van der Waals surface area contributed by atoms with Crippen LogP contribution >= 0.6 is 0 Å². The molecule has 0 nitrogen and oxygen atoms in total. The van der Waals surface area contributed by atoms with Crippen LogP contribution in [-0.4, -0.2) is 0 Å². The minimum atomic E-state index is 0.645. The third-order valence-electron chi connectivity index (χ3n) is 4.85. The van der Waals surface area contributed by atoms with Crippen molar-refractivity contribution in [3.8, 4) is 0 Å². The van der Waals surface area contributed by atoms with Crippen LogP contribution in [0.25, 0.3) is 0 Å². The molecule has 0 heteroatoms. The van der Waals surface area contributed by atoms with Crippen molar-refractivity contribution in [2.75, 3.05) is 0 Å². The second kappa shape index (κ2) is 3.54. The number of hydrogen-bond donors (Lipinski definition) is 0. The first kappa shape index (κ1) is 10.5. The summed E-state index contributed by atoms with van der Waals surface area (Å²) < 4.78 is 0. The van der Waals surface area contributed by atoms with Gasteiger partial charge in [0.25, 0.3) is 0 Å². The normalized spacial score (nSPS) is 35.8. The highest BCUT2D eigenvalue weighted by atomic mass is 14.5. The lowest BCUT2D eigenvalue weighted by atomic mass is 9.58. The molecule has 1 spiro atoms. The predicted octanol–water partition coefficient (Wildman–Crippen LogP) is 4.78. The van der Waals surface area contributed by atoms with E-state index in [4.69, 9.17) is 0 Å². The summed E-state index contributed by atoms with van der Waals surface area (Å²) in [6.07, 6.45) is 12.0. The minimum absolute atomic E-state index is 0.645. The lowest BCUT2D eigenvalue weighted by Gasteiger charge is -2.47. The summed E-state index contributed by atoms with van der Waals surface area (Å²) in [5, 5.41) is 0. The van der Waals surface area contributed by atoms with Gasteiger partial charge in [0.2, 0.25) is 0 Å². The topological polar surface area (TPSA) is 0 Å². The van der Waals surface area contributed by atoms with Gasteiger partial charge in [0.05, 0.1) is 0 Å². The van der Waals surface area contributed by atoms with Crippen LogP contribution in [0.15, 0.2) is 0 Å². The van der Waals surface area contributed by atoms with E-state index in [1.807, 2.05) is 0 Å². The van der Waals surface area contributed by atoms with E-state index in [0.29, 0.717) is 5.41 Å². The second-order valence-corrected chi connectivity index (χ2v) is 6.87. The van der Waals surface area contributed by atoms with Crippen molar-refractivity contribution in [3.63, 3.8) is 0 Å². The summed E-state index contributed by atoms with van der Waals surface area (Å²) in [6, 6.07) is 0. The molecule has 0 bridgehead atoms. The first-order valence-corrected chi connectivity index (χ1v) is 6.52. The Morgan fingerprint density at radius 1 is 0.929 bits per heavy atom. The lowest BCUT2D eigenvalue weighted by Crippen LogP contribution is -2.34. The van der Waals surface area contributed by atoms with Crippen LogP contribution in [0.1, 0.15) is 72.1 Å². The van der Waals surface area contributed by atoms with Gasteiger partial charge in [-0.3, -0.25) is 0 Å². The van der Waals surface area contributed by atoms with E-state index in [9.17, 15) is 0 Å². The largest absolute Gasteiger partial charge is 0.0625 e. The average Bonchev–Trinajstić information content (AvgIpc) is 2.12. The smallest absolute Gasteiger partial charge is 0.0295 e. The van der Waals surface area contributed by atoms with Gasteiger partial charge in [0.1, 0.15) is 0 Å². The molecule has 0 N–H and O–H groups in total. The van der Waals surface area contributed by atoms with Gasteiger partial charge in [-0.15, -0.1) is 0 Å². The summed E-state index contributed by atoms with van der Waals surface area (Å²) >= 11 is 0. The summed E-state index contributed by atoms with van der Waals surface area (Å²) in [5.74, 6) is 1.00. The molecule has 14 heavy (non-hydrogen) atoms. The molecule has 0 amide bonds. The fourth-order valence-corrected chi connectivity index (χ4v) is 3.68. The summed E-state index contributed by atoms with van der Waals surface area (Å²) in [5.41, 5.74) is 1.43. The molecule has 0 aromatic carbocycles. The first-order valence-electron chi connectivity index (χ1n) is 6.52. The van der Waals surface area contributed by atoms with Gasteiger partial charge in [-0.1, -0.05) is 33.6 Å². The zero-order valence-corrected chi connectivity index (χ0v) is 10.2. The van der Waals surface area contributed by atoms with Crippen molar-refractivity contribution in [1.82, 2.24) is 0 Å². The maximum atomic E-state index is 2.46. The van der Waals surface area contributed by atoms with Crippen LogP contribution in [0.3, 0.4) is 0 Å². The Morgan fingerprint density at radius 2 is 1.57 bits per heavy atom. The monoisotopic (exact) mass is 194 g/mol. The Balaban J connectivity index is 1.98. The molecule has 2 rings (SSSR count). The first-order chi connectivity index (χ1) is 6.52. The maximum absolute atomic E-state index is 2.46. The molecule has 82 valence electrons. The molecule has 2 fully saturated rings. The van der Waals surface area contributed by atoms with E-state index in [1.165, 1.54) is 51.4 Å². The van der Waals surface area contributed by atoms with Gasteiger partial charge >= 0.3 is 0 Å². The number of rotatable bonds is 0. The van der Waals surface area contributed by atoms with Gasteiger partial charge in [-0.25, -0.2) is 0 Å². The van der Waals surface area contributed by atoms with Crippen molar-refractivity contribution < 1.29 is 0 Å². The van der Waals surface area contributed by atoms with E-state index < -0.39 is 0 Å². The fourth-order valence-electron chi connectivity index (χ4n) is 3.68. The van der Waals surface area contributed by atoms with Crippen molar-refractivity contribution in [1.29, 1.82) is 0 Å². The standard InChI is InChI=1S/C14H26/c1-12-5-4-6-14(11-12)9-7-13(2,3)8-10-14/h12H,4-11H2,1-3H3/t12-/m1/s1. The molecule has 2 saturated carbocycles. The average molecular weight is 194 g/mol. The zero-order chi connectivity index (χ0) is 10.2. The molecule has 0 heterocycles. The Hall–Kier alpha value is 0. The minimum Gasteiger partial charge on any atom is -0.0625 e. The molecule has 0 aromatic heterocycles. The van der Waals surface area contributed by atoms with Crippen LogP contribution < -0.4 is 0 Å². The van der Waals surface area contributed by atoms with Crippen molar-refractivity contribution in [2.24, 2.45) is 16.7 Å². The van der Waals surface area contributed by atoms with Gasteiger partial charge in [-0.2, -0.15) is 0 Å². The quantitative estimate of drug-likeness (QED) is 0.520. The molecule has 0 aliphatic heterocycles. The Morgan fingerprint density at radius 3 is 2.14 bits per heavy atom. The second-order valence-electron chi connectivity index (χ2n) is 6.87. The highest BCUT2D eigenvalue weighted by Crippen LogP contribution is 2.53. The third-order valence-corrected chi connectivity index (χ3v) is 4.85. The van der Waals surface area contributed by atoms with Crippen molar-refractivity contribution in [3.05, 3.63) is 0 Å². The van der Waals surface area contributed by atoms with E-state index in [1.54, 1.807) is 0 Å². The van der Waals surface area contributed by atoms with Crippen LogP contribution in [0.5, 0.6) is 0 Å². The van der Waals surface area contributed by atoms with E-state index in [0.717, 1.165) is 11.3 Å². The molecule has 0 unspecified atom stereocenters. The SMILES string of the molecule is C[C@@H]1CCCC2(CCC(C)(C)CC2)C1. The van der Waals surface area contributed by atoms with Crippen molar-refractivity contribution in [2.45, 2.75) is 72.1 Å². The molecule has 0 radical (unpaired) electrons. The number of hydrogen-bond acceptors (Lipinski definition) is 0. The lowest BCUT2D eigenvalue weighted by molar-refractivity contribution is 0.0451. The van der Waals surface area contributed by atoms with Crippen LogP contribution in [0.2, 0.25) is 0 Å². The molecule has 2 aliphatic rings. The summed E-state index contributed by atoms with van der Waals surface area (Å²) in [6.45, 7) is 7.36. The van der Waals surface area contributed by atoms with Gasteiger partial charge in [0.15, 0.2) is 0 Å². The van der Waals surface area contributed by atoms with Gasteiger partial charge < -0.3 is 0 Å². The molecule has 0 aromatic rings. The summed E-state index contributed by atoms with van der Waals surface area (Å²) in [4.78, 5) is 0. The van der Waals surface area contributed by atoms with E-state index in [-0.39, 0.29) is 0 Å². The predicted molar refractivity (Wildman–Crippen MR) is 62.3 cm³/mol. The van der Waals surface area contributed by atoms with Crippen LogP contribution in [0, 0.1) is 16.7 Å².